The molecule has 9 nitrogen and oxygen atoms in total. The molecule has 0 saturated carbocycles. The highest BCUT2D eigenvalue weighted by atomic mass is 16.6. The van der Waals surface area contributed by atoms with Crippen LogP contribution in [0.5, 0.6) is 0 Å². The van der Waals surface area contributed by atoms with Gasteiger partial charge in [0.15, 0.2) is 17.7 Å². The Morgan fingerprint density at radius 1 is 1.43 bits per heavy atom. The number of aliphatic hydroxyl groups is 3. The second-order valence-electron chi connectivity index (χ2n) is 5.16. The van der Waals surface area contributed by atoms with Crippen LogP contribution in [0.3, 0.4) is 0 Å². The van der Waals surface area contributed by atoms with E-state index < -0.39 is 30.6 Å². The quantitative estimate of drug-likeness (QED) is 0.560. The van der Waals surface area contributed by atoms with Crippen molar-refractivity contribution in [3.05, 3.63) is 12.7 Å². The van der Waals surface area contributed by atoms with E-state index in [9.17, 15) is 15.3 Å². The molecule has 1 saturated heterocycles. The zero-order valence-electron chi connectivity index (χ0n) is 11.6. The van der Waals surface area contributed by atoms with Gasteiger partial charge in [0.2, 0.25) is 0 Å². The molecule has 0 bridgehead atoms. The Bertz CT molecular complexity index is 658. The predicted octanol–water partition coefficient (Wildman–Crippen LogP) is -1.13. The van der Waals surface area contributed by atoms with E-state index in [-0.39, 0.29) is 0 Å². The molecule has 1 aliphatic heterocycles. The van der Waals surface area contributed by atoms with Gasteiger partial charge in [0.05, 0.1) is 12.9 Å². The first-order chi connectivity index (χ1) is 10.0. The molecule has 1 aliphatic rings. The van der Waals surface area contributed by atoms with E-state index >= 15 is 0 Å². The van der Waals surface area contributed by atoms with Gasteiger partial charge >= 0.3 is 0 Å². The van der Waals surface area contributed by atoms with Gasteiger partial charge < -0.3 is 25.4 Å². The zero-order valence-corrected chi connectivity index (χ0v) is 11.6. The third-order valence-corrected chi connectivity index (χ3v) is 3.86. The molecular formula is C12H17N5O4. The lowest BCUT2D eigenvalue weighted by molar-refractivity contribution is -0.0804. The highest BCUT2D eigenvalue weighted by Gasteiger charge is 2.52. The normalized spacial score (nSPS) is 32.7. The summed E-state index contributed by atoms with van der Waals surface area (Å²) in [5.74, 6) is 0.553. The van der Waals surface area contributed by atoms with Crippen molar-refractivity contribution in [2.24, 2.45) is 0 Å². The van der Waals surface area contributed by atoms with Crippen LogP contribution < -0.4 is 5.32 Å². The maximum atomic E-state index is 10.3. The van der Waals surface area contributed by atoms with Crippen molar-refractivity contribution in [1.29, 1.82) is 0 Å². The Morgan fingerprint density at radius 2 is 2.19 bits per heavy atom. The summed E-state index contributed by atoms with van der Waals surface area (Å²) in [4.78, 5) is 12.4. The molecule has 4 atom stereocenters. The Kier molecular flexibility index (Phi) is 3.29. The number of ether oxygens (including phenoxy) is 1. The molecule has 3 heterocycles. The lowest BCUT2D eigenvalue weighted by Crippen LogP contribution is -2.46. The number of anilines is 1. The van der Waals surface area contributed by atoms with Gasteiger partial charge in [-0.05, 0) is 6.92 Å². The average Bonchev–Trinajstić information content (AvgIpc) is 2.99. The molecule has 2 aromatic heterocycles. The Balaban J connectivity index is 2.06. The second kappa shape index (κ2) is 4.88. The molecule has 21 heavy (non-hydrogen) atoms. The number of fused-ring (bicyclic) bond motifs is 1. The number of nitrogens with one attached hydrogen (secondary N) is 1. The van der Waals surface area contributed by atoms with Gasteiger partial charge in [0.1, 0.15) is 29.7 Å². The SMILES string of the molecule is CNc1ncnc2c1ncn2C1O[C@H](CO)[C@@](C)(O)[C@H]1O. The van der Waals surface area contributed by atoms with Crippen LogP contribution >= 0.6 is 0 Å². The highest BCUT2D eigenvalue weighted by molar-refractivity contribution is 5.82. The largest absolute Gasteiger partial charge is 0.394 e. The molecule has 9 heteroatoms. The molecule has 0 spiro atoms. The van der Waals surface area contributed by atoms with Crippen molar-refractivity contribution in [2.45, 2.75) is 31.0 Å². The standard InChI is InChI=1S/C12H17N5O4/c1-12(20)6(3-18)21-11(8(12)19)17-5-16-7-9(13-2)14-4-15-10(7)17/h4-6,8,11,18-20H,3H2,1-2H3,(H,13,14,15)/t6-,8+,11?,12-/m1/s1. The van der Waals surface area contributed by atoms with Crippen LogP contribution in [-0.4, -0.2) is 66.3 Å². The van der Waals surface area contributed by atoms with Crippen molar-refractivity contribution in [3.8, 4) is 0 Å². The second-order valence-corrected chi connectivity index (χ2v) is 5.16. The van der Waals surface area contributed by atoms with Gasteiger partial charge in [-0.1, -0.05) is 0 Å². The lowest BCUT2D eigenvalue weighted by Gasteiger charge is -2.25. The molecule has 2 aromatic rings. The fraction of sp³-hybridized carbons (Fsp3) is 0.583. The number of hydrogen-bond donors (Lipinski definition) is 4. The smallest absolute Gasteiger partial charge is 0.167 e. The minimum Gasteiger partial charge on any atom is -0.394 e. The van der Waals surface area contributed by atoms with Crippen molar-refractivity contribution in [2.75, 3.05) is 19.0 Å². The first-order valence-corrected chi connectivity index (χ1v) is 6.52. The number of hydrogen-bond acceptors (Lipinski definition) is 8. The highest BCUT2D eigenvalue weighted by Crippen LogP contribution is 2.38. The summed E-state index contributed by atoms with van der Waals surface area (Å²) in [6, 6.07) is 0. The van der Waals surface area contributed by atoms with Gasteiger partial charge in [0.25, 0.3) is 0 Å². The zero-order chi connectivity index (χ0) is 15.2. The van der Waals surface area contributed by atoms with Gasteiger partial charge in [-0.2, -0.15) is 0 Å². The van der Waals surface area contributed by atoms with Crippen LogP contribution in [0, 0.1) is 0 Å². The fourth-order valence-electron chi connectivity index (χ4n) is 2.53. The summed E-state index contributed by atoms with van der Waals surface area (Å²) in [5, 5.41) is 32.7. The summed E-state index contributed by atoms with van der Waals surface area (Å²) in [6.07, 6.45) is -0.165. The third kappa shape index (κ3) is 1.97. The number of aliphatic hydroxyl groups excluding tert-OH is 2. The Morgan fingerprint density at radius 3 is 2.81 bits per heavy atom. The van der Waals surface area contributed by atoms with Gasteiger partial charge in [-0.3, -0.25) is 4.57 Å². The molecule has 0 radical (unpaired) electrons. The molecule has 0 amide bonds. The molecule has 1 unspecified atom stereocenters. The third-order valence-electron chi connectivity index (χ3n) is 3.86. The average molecular weight is 295 g/mol. The maximum absolute atomic E-state index is 10.3. The van der Waals surface area contributed by atoms with Crippen LogP contribution in [0.25, 0.3) is 11.2 Å². The lowest BCUT2D eigenvalue weighted by atomic mass is 9.95. The van der Waals surface area contributed by atoms with Crippen LogP contribution in [0.2, 0.25) is 0 Å². The van der Waals surface area contributed by atoms with E-state index in [0.29, 0.717) is 17.0 Å². The summed E-state index contributed by atoms with van der Waals surface area (Å²) >= 11 is 0. The maximum Gasteiger partial charge on any atom is 0.167 e. The summed E-state index contributed by atoms with van der Waals surface area (Å²) in [7, 11) is 1.72. The van der Waals surface area contributed by atoms with Crippen molar-refractivity contribution in [1.82, 2.24) is 19.5 Å². The van der Waals surface area contributed by atoms with E-state index in [0.717, 1.165) is 0 Å². The number of aromatic nitrogens is 4. The molecule has 4 N–H and O–H groups in total. The summed E-state index contributed by atoms with van der Waals surface area (Å²) < 4.78 is 7.08. The molecule has 0 aromatic carbocycles. The monoisotopic (exact) mass is 295 g/mol. The first kappa shape index (κ1) is 14.1. The Labute approximate surface area is 120 Å². The summed E-state index contributed by atoms with van der Waals surface area (Å²) in [6.45, 7) is 1.02. The molecule has 3 rings (SSSR count). The number of imidazole rings is 1. The van der Waals surface area contributed by atoms with E-state index in [4.69, 9.17) is 4.74 Å². The predicted molar refractivity (Wildman–Crippen MR) is 72.5 cm³/mol. The van der Waals surface area contributed by atoms with Crippen LogP contribution in [0.15, 0.2) is 12.7 Å². The van der Waals surface area contributed by atoms with Crippen LogP contribution in [0.1, 0.15) is 13.2 Å². The van der Waals surface area contributed by atoms with Crippen LogP contribution in [0.4, 0.5) is 5.82 Å². The minimum atomic E-state index is -1.56. The molecule has 0 aliphatic carbocycles. The molecular weight excluding hydrogens is 278 g/mol. The fourth-order valence-corrected chi connectivity index (χ4v) is 2.53. The first-order valence-electron chi connectivity index (χ1n) is 6.52. The van der Waals surface area contributed by atoms with Gasteiger partial charge in [-0.25, -0.2) is 15.0 Å². The van der Waals surface area contributed by atoms with E-state index in [1.807, 2.05) is 0 Å². The van der Waals surface area contributed by atoms with E-state index in [2.05, 4.69) is 20.3 Å². The van der Waals surface area contributed by atoms with Crippen molar-refractivity contribution in [3.63, 3.8) is 0 Å². The van der Waals surface area contributed by atoms with Crippen LogP contribution in [-0.2, 0) is 4.74 Å². The van der Waals surface area contributed by atoms with Crippen molar-refractivity contribution >= 4 is 17.0 Å². The minimum absolute atomic E-state index is 0.399. The topological polar surface area (TPSA) is 126 Å². The number of nitrogens with zero attached hydrogens (tertiary/aromatic N) is 4. The van der Waals surface area contributed by atoms with E-state index in [1.165, 1.54) is 24.1 Å². The van der Waals surface area contributed by atoms with Crippen molar-refractivity contribution < 1.29 is 20.1 Å². The molecule has 1 fully saturated rings. The van der Waals surface area contributed by atoms with Gasteiger partial charge in [-0.15, -0.1) is 0 Å². The Hall–Kier alpha value is -1.81. The molecule has 114 valence electrons. The van der Waals surface area contributed by atoms with Gasteiger partial charge in [0, 0.05) is 7.05 Å². The van der Waals surface area contributed by atoms with E-state index in [1.54, 1.807) is 7.05 Å². The number of rotatable bonds is 3. The summed E-state index contributed by atoms with van der Waals surface area (Å²) in [5.41, 5.74) is -0.565.